The van der Waals surface area contributed by atoms with Crippen LogP contribution in [-0.4, -0.2) is 10.9 Å². The van der Waals surface area contributed by atoms with Crippen molar-refractivity contribution >= 4 is 0 Å². The molecule has 3 heteroatoms. The lowest BCUT2D eigenvalue weighted by molar-refractivity contribution is 0.111. The van der Waals surface area contributed by atoms with E-state index in [0.29, 0.717) is 5.69 Å². The molecule has 1 atom stereocenters. The van der Waals surface area contributed by atoms with E-state index in [9.17, 15) is 8.78 Å². The molecule has 1 unspecified atom stereocenters. The molecule has 88 valence electrons. The number of rotatable bonds is 1. The molecular formula is C13H17F2N. The fourth-order valence-corrected chi connectivity index (χ4v) is 1.59. The van der Waals surface area contributed by atoms with E-state index < -0.39 is 11.8 Å². The Kier molecular flexibility index (Phi) is 3.79. The average molecular weight is 225 g/mol. The fraction of sp³-hybridized carbons (Fsp3) is 0.462. The first-order valence-corrected chi connectivity index (χ1v) is 5.30. The molecule has 1 fully saturated rings. The van der Waals surface area contributed by atoms with Crippen molar-refractivity contribution in [3.05, 3.63) is 41.7 Å². The first-order chi connectivity index (χ1) is 7.40. The second kappa shape index (κ2) is 4.73. The van der Waals surface area contributed by atoms with E-state index in [1.165, 1.54) is 0 Å². The lowest BCUT2D eigenvalue weighted by atomic mass is 10.1. The summed E-state index contributed by atoms with van der Waals surface area (Å²) in [6.45, 7) is 8.98. The van der Waals surface area contributed by atoms with Crippen LogP contribution in [0.5, 0.6) is 0 Å². The Morgan fingerprint density at radius 2 is 1.94 bits per heavy atom. The number of alkyl halides is 2. The fourth-order valence-electron chi connectivity index (χ4n) is 1.59. The minimum Gasteiger partial charge on any atom is -0.258 e. The van der Waals surface area contributed by atoms with Gasteiger partial charge in [-0.1, -0.05) is 6.08 Å². The van der Waals surface area contributed by atoms with E-state index in [0.717, 1.165) is 11.3 Å². The second-order valence-corrected chi connectivity index (χ2v) is 4.14. The minimum absolute atomic E-state index is 0.0388. The Morgan fingerprint density at radius 3 is 2.31 bits per heavy atom. The van der Waals surface area contributed by atoms with E-state index in [4.69, 9.17) is 0 Å². The third-order valence-electron chi connectivity index (χ3n) is 2.30. The maximum atomic E-state index is 12.7. The highest BCUT2D eigenvalue weighted by molar-refractivity contribution is 5.28. The van der Waals surface area contributed by atoms with Gasteiger partial charge in [0, 0.05) is 12.1 Å². The van der Waals surface area contributed by atoms with Crippen molar-refractivity contribution in [2.75, 3.05) is 0 Å². The normalized spacial score (nSPS) is 20.7. The average Bonchev–Trinajstić information content (AvgIpc) is 2.75. The topological polar surface area (TPSA) is 12.9 Å². The third-order valence-corrected chi connectivity index (χ3v) is 2.30. The molecule has 0 saturated heterocycles. The summed E-state index contributed by atoms with van der Waals surface area (Å²) in [5.41, 5.74) is 2.37. The van der Waals surface area contributed by atoms with Crippen LogP contribution in [0, 0.1) is 13.8 Å². The van der Waals surface area contributed by atoms with Gasteiger partial charge in [0.1, 0.15) is 0 Å². The molecule has 1 aliphatic carbocycles. The van der Waals surface area contributed by atoms with Gasteiger partial charge in [-0.3, -0.25) is 4.98 Å². The van der Waals surface area contributed by atoms with E-state index in [2.05, 4.69) is 11.6 Å². The summed E-state index contributed by atoms with van der Waals surface area (Å²) in [7, 11) is 0. The van der Waals surface area contributed by atoms with Gasteiger partial charge < -0.3 is 0 Å². The Bertz CT molecular complexity index is 365. The number of halogens is 2. The van der Waals surface area contributed by atoms with Gasteiger partial charge >= 0.3 is 0 Å². The quantitative estimate of drug-likeness (QED) is 0.658. The van der Waals surface area contributed by atoms with E-state index in [1.807, 2.05) is 26.8 Å². The predicted octanol–water partition coefficient (Wildman–Crippen LogP) is 4.01. The van der Waals surface area contributed by atoms with Crippen LogP contribution in [0.1, 0.15) is 36.2 Å². The molecule has 0 radical (unpaired) electrons. The van der Waals surface area contributed by atoms with Gasteiger partial charge in [-0.2, -0.15) is 0 Å². The van der Waals surface area contributed by atoms with Gasteiger partial charge in [0.05, 0.1) is 11.6 Å². The van der Waals surface area contributed by atoms with Crippen molar-refractivity contribution in [1.82, 2.24) is 4.98 Å². The van der Waals surface area contributed by atoms with Crippen molar-refractivity contribution < 1.29 is 8.78 Å². The molecule has 1 nitrogen and oxygen atoms in total. The van der Waals surface area contributed by atoms with Crippen molar-refractivity contribution in [1.29, 1.82) is 0 Å². The summed E-state index contributed by atoms with van der Waals surface area (Å²) in [6, 6.07) is 3.64. The first-order valence-electron chi connectivity index (χ1n) is 5.30. The molecule has 0 bridgehead atoms. The number of pyridine rings is 1. The second-order valence-electron chi connectivity index (χ2n) is 4.14. The van der Waals surface area contributed by atoms with Crippen molar-refractivity contribution in [3.8, 4) is 0 Å². The smallest absolute Gasteiger partial charge is 0.257 e. The molecule has 0 spiro atoms. The van der Waals surface area contributed by atoms with Crippen LogP contribution in [0.15, 0.2) is 24.8 Å². The highest BCUT2D eigenvalue weighted by atomic mass is 19.3. The molecule has 1 heterocycles. The zero-order chi connectivity index (χ0) is 12.3. The van der Waals surface area contributed by atoms with Gasteiger partial charge in [0.2, 0.25) is 0 Å². The van der Waals surface area contributed by atoms with Gasteiger partial charge in [-0.05, 0) is 38.5 Å². The monoisotopic (exact) mass is 225 g/mol. The van der Waals surface area contributed by atoms with Crippen LogP contribution in [0.2, 0.25) is 0 Å². The summed E-state index contributed by atoms with van der Waals surface area (Å²) in [5, 5.41) is 0. The van der Waals surface area contributed by atoms with Crippen molar-refractivity contribution in [2.45, 2.75) is 39.0 Å². The van der Waals surface area contributed by atoms with Crippen LogP contribution in [-0.2, 0) is 0 Å². The standard InChI is InChI=1S/C10H11F2N.C3H6/c1-6-3-7(2)13-9(4-6)8-5-10(8,11)12;1-3-2/h3-4,8H,5H2,1-2H3;3H,1H2,2H3. The van der Waals surface area contributed by atoms with Crippen LogP contribution in [0.25, 0.3) is 0 Å². The van der Waals surface area contributed by atoms with E-state index in [1.54, 1.807) is 12.1 Å². The number of hydrogen-bond acceptors (Lipinski definition) is 1. The zero-order valence-corrected chi connectivity index (χ0v) is 9.93. The highest BCUT2D eigenvalue weighted by Gasteiger charge is 2.58. The summed E-state index contributed by atoms with van der Waals surface area (Å²) < 4.78 is 25.4. The molecule has 16 heavy (non-hydrogen) atoms. The molecule has 0 amide bonds. The maximum absolute atomic E-state index is 12.7. The predicted molar refractivity (Wildman–Crippen MR) is 61.9 cm³/mol. The number of aryl methyl sites for hydroxylation is 2. The molecule has 1 saturated carbocycles. The number of allylic oxidation sites excluding steroid dienone is 1. The third kappa shape index (κ3) is 3.12. The van der Waals surface area contributed by atoms with Gasteiger partial charge in [-0.15, -0.1) is 6.58 Å². The summed E-state index contributed by atoms with van der Waals surface area (Å²) >= 11 is 0. The summed E-state index contributed by atoms with van der Waals surface area (Å²) in [5.74, 6) is -3.14. The minimum atomic E-state index is -2.51. The van der Waals surface area contributed by atoms with E-state index >= 15 is 0 Å². The molecule has 1 aromatic heterocycles. The largest absolute Gasteiger partial charge is 0.258 e. The molecule has 2 rings (SSSR count). The Labute approximate surface area is 95.2 Å². The van der Waals surface area contributed by atoms with Crippen molar-refractivity contribution in [3.63, 3.8) is 0 Å². The summed E-state index contributed by atoms with van der Waals surface area (Å²) in [4.78, 5) is 4.11. The molecule has 1 aromatic rings. The number of aromatic nitrogens is 1. The molecule has 1 aliphatic rings. The first kappa shape index (κ1) is 12.8. The highest BCUT2D eigenvalue weighted by Crippen LogP contribution is 2.55. The Balaban J connectivity index is 0.000000386. The Morgan fingerprint density at radius 1 is 1.44 bits per heavy atom. The van der Waals surface area contributed by atoms with Crippen LogP contribution in [0.3, 0.4) is 0 Å². The molecule has 0 N–H and O–H groups in total. The number of hydrogen-bond donors (Lipinski definition) is 0. The zero-order valence-electron chi connectivity index (χ0n) is 9.93. The van der Waals surface area contributed by atoms with Gasteiger partial charge in [0.25, 0.3) is 5.92 Å². The van der Waals surface area contributed by atoms with Crippen LogP contribution < -0.4 is 0 Å². The molecule has 0 aliphatic heterocycles. The maximum Gasteiger partial charge on any atom is 0.257 e. The van der Waals surface area contributed by atoms with Crippen molar-refractivity contribution in [2.24, 2.45) is 0 Å². The lowest BCUT2D eigenvalue weighted by Crippen LogP contribution is -1.97. The van der Waals surface area contributed by atoms with Crippen LogP contribution >= 0.6 is 0 Å². The number of nitrogens with zero attached hydrogens (tertiary/aromatic N) is 1. The lowest BCUT2D eigenvalue weighted by Gasteiger charge is -2.02. The molecular weight excluding hydrogens is 208 g/mol. The SMILES string of the molecule is C=CC.Cc1cc(C)nc(C2CC2(F)F)c1. The summed E-state index contributed by atoms with van der Waals surface area (Å²) in [6.07, 6.45) is 1.71. The van der Waals surface area contributed by atoms with Gasteiger partial charge in [-0.25, -0.2) is 8.78 Å². The van der Waals surface area contributed by atoms with E-state index in [-0.39, 0.29) is 6.42 Å². The van der Waals surface area contributed by atoms with Gasteiger partial charge in [0.15, 0.2) is 0 Å². The molecule has 0 aromatic carbocycles. The Hall–Kier alpha value is -1.25. The van der Waals surface area contributed by atoms with Crippen LogP contribution in [0.4, 0.5) is 8.78 Å².